The molecule has 1 fully saturated rings. The number of benzene rings is 1. The van der Waals surface area contributed by atoms with Gasteiger partial charge in [-0.15, -0.1) is 0 Å². The van der Waals surface area contributed by atoms with Gasteiger partial charge >= 0.3 is 0 Å². The average molecular weight is 407 g/mol. The van der Waals surface area contributed by atoms with Crippen molar-refractivity contribution >= 4 is 21.6 Å². The number of aromatic nitrogens is 1. The molecule has 2 heterocycles. The van der Waals surface area contributed by atoms with E-state index >= 15 is 0 Å². The zero-order valence-corrected chi connectivity index (χ0v) is 16.3. The van der Waals surface area contributed by atoms with Crippen LogP contribution in [0.15, 0.2) is 47.5 Å². The third-order valence-electron chi connectivity index (χ3n) is 4.56. The molecule has 150 valence electrons. The molecule has 1 aromatic carbocycles. The zero-order valence-electron chi connectivity index (χ0n) is 15.5. The molecule has 7 nitrogen and oxygen atoms in total. The molecule has 0 spiro atoms. The van der Waals surface area contributed by atoms with E-state index in [-0.39, 0.29) is 41.4 Å². The Balaban J connectivity index is 1.59. The van der Waals surface area contributed by atoms with Crippen LogP contribution in [0.3, 0.4) is 0 Å². The third kappa shape index (κ3) is 4.48. The number of nitrogens with zero attached hydrogens (tertiary/aromatic N) is 2. The number of amides is 1. The molecule has 9 heteroatoms. The van der Waals surface area contributed by atoms with Gasteiger partial charge in [0.2, 0.25) is 21.8 Å². The van der Waals surface area contributed by atoms with Gasteiger partial charge in [-0.1, -0.05) is 18.2 Å². The Morgan fingerprint density at radius 3 is 2.57 bits per heavy atom. The highest BCUT2D eigenvalue weighted by Gasteiger charge is 2.32. The molecule has 1 aliphatic heterocycles. The summed E-state index contributed by atoms with van der Waals surface area (Å²) in [6, 6.07) is 9.39. The Morgan fingerprint density at radius 1 is 1.29 bits per heavy atom. The van der Waals surface area contributed by atoms with Crippen molar-refractivity contribution in [2.24, 2.45) is 5.92 Å². The first-order valence-electron chi connectivity index (χ1n) is 9.06. The molecule has 1 aliphatic rings. The number of pyridine rings is 1. The maximum atomic E-state index is 13.9. The van der Waals surface area contributed by atoms with Crippen molar-refractivity contribution in [2.75, 3.05) is 25.0 Å². The Labute approximate surface area is 163 Å². The van der Waals surface area contributed by atoms with Gasteiger partial charge in [0.1, 0.15) is 0 Å². The average Bonchev–Trinajstić information content (AvgIpc) is 2.71. The summed E-state index contributed by atoms with van der Waals surface area (Å²) in [5.41, 5.74) is 0.241. The lowest BCUT2D eigenvalue weighted by atomic mass is 9.97. The number of carbonyl (C=O) groups excluding carboxylic acids is 1. The number of hydrogen-bond donors (Lipinski definition) is 1. The minimum atomic E-state index is -3.56. The fourth-order valence-electron chi connectivity index (χ4n) is 3.08. The van der Waals surface area contributed by atoms with Gasteiger partial charge in [0.15, 0.2) is 5.82 Å². The number of rotatable bonds is 6. The molecule has 28 heavy (non-hydrogen) atoms. The van der Waals surface area contributed by atoms with Gasteiger partial charge in [-0.3, -0.25) is 4.79 Å². The molecular formula is C19H22FN3O4S. The van der Waals surface area contributed by atoms with Crippen LogP contribution in [-0.4, -0.2) is 43.3 Å². The second-order valence-electron chi connectivity index (χ2n) is 6.42. The number of halogens is 1. The van der Waals surface area contributed by atoms with Gasteiger partial charge in [-0.05, 0) is 31.9 Å². The summed E-state index contributed by atoms with van der Waals surface area (Å²) >= 11 is 0. The van der Waals surface area contributed by atoms with Gasteiger partial charge in [0, 0.05) is 25.1 Å². The highest BCUT2D eigenvalue weighted by molar-refractivity contribution is 7.89. The summed E-state index contributed by atoms with van der Waals surface area (Å²) in [6.07, 6.45) is 2.12. The lowest BCUT2D eigenvalue weighted by Gasteiger charge is -2.30. The highest BCUT2D eigenvalue weighted by Crippen LogP contribution is 2.25. The number of nitrogens with one attached hydrogen (secondary N) is 1. The van der Waals surface area contributed by atoms with Gasteiger partial charge in [0.05, 0.1) is 23.4 Å². The quantitative estimate of drug-likeness (QED) is 0.795. The van der Waals surface area contributed by atoms with E-state index in [0.717, 1.165) is 6.07 Å². The topological polar surface area (TPSA) is 88.6 Å². The van der Waals surface area contributed by atoms with Crippen molar-refractivity contribution in [1.29, 1.82) is 0 Å². The van der Waals surface area contributed by atoms with Crippen molar-refractivity contribution in [3.63, 3.8) is 0 Å². The maximum absolute atomic E-state index is 13.9. The van der Waals surface area contributed by atoms with E-state index in [1.54, 1.807) is 37.3 Å². The van der Waals surface area contributed by atoms with E-state index < -0.39 is 15.8 Å². The smallest absolute Gasteiger partial charge is 0.250 e. The molecule has 0 unspecified atom stereocenters. The molecule has 0 bridgehead atoms. The fraction of sp³-hybridized carbons (Fsp3) is 0.368. The largest absolute Gasteiger partial charge is 0.476 e. The van der Waals surface area contributed by atoms with Gasteiger partial charge in [-0.2, -0.15) is 4.31 Å². The summed E-state index contributed by atoms with van der Waals surface area (Å²) in [5.74, 6) is -1.39. The van der Waals surface area contributed by atoms with Crippen molar-refractivity contribution in [3.8, 4) is 5.88 Å². The van der Waals surface area contributed by atoms with Crippen LogP contribution in [0.2, 0.25) is 0 Å². The van der Waals surface area contributed by atoms with Gasteiger partial charge in [0.25, 0.3) is 0 Å². The standard InChI is InChI=1S/C19H22FN3O4S/c1-2-27-19-17(20)12-15(13-21-19)22-18(24)14-8-10-23(11-9-14)28(25,26)16-6-4-3-5-7-16/h3-7,12-14H,2,8-11H2,1H3,(H,22,24). The van der Waals surface area contributed by atoms with Crippen molar-refractivity contribution in [3.05, 3.63) is 48.4 Å². The summed E-state index contributed by atoms with van der Waals surface area (Å²) in [5, 5.41) is 2.64. The van der Waals surface area contributed by atoms with E-state index in [4.69, 9.17) is 4.74 Å². The molecule has 1 amide bonds. The predicted octanol–water partition coefficient (Wildman–Crippen LogP) is 2.66. The molecule has 1 N–H and O–H groups in total. The predicted molar refractivity (Wildman–Crippen MR) is 102 cm³/mol. The molecule has 3 rings (SSSR count). The van der Waals surface area contributed by atoms with Crippen LogP contribution in [-0.2, 0) is 14.8 Å². The summed E-state index contributed by atoms with van der Waals surface area (Å²) in [6.45, 7) is 2.53. The second kappa shape index (κ2) is 8.66. The minimum absolute atomic E-state index is 0.111. The van der Waals surface area contributed by atoms with E-state index in [0.29, 0.717) is 19.4 Å². The number of ether oxygens (including phenoxy) is 1. The van der Waals surface area contributed by atoms with Gasteiger partial charge < -0.3 is 10.1 Å². The molecule has 0 saturated carbocycles. The first-order valence-corrected chi connectivity index (χ1v) is 10.5. The molecule has 1 saturated heterocycles. The number of anilines is 1. The normalized spacial score (nSPS) is 15.9. The van der Waals surface area contributed by atoms with Gasteiger partial charge in [-0.25, -0.2) is 17.8 Å². The molecule has 2 aromatic rings. The summed E-state index contributed by atoms with van der Waals surface area (Å²) in [7, 11) is -3.56. The second-order valence-corrected chi connectivity index (χ2v) is 8.36. The Bertz CT molecular complexity index is 929. The minimum Gasteiger partial charge on any atom is -0.476 e. The van der Waals surface area contributed by atoms with E-state index in [2.05, 4.69) is 10.3 Å². The summed E-state index contributed by atoms with van der Waals surface area (Å²) in [4.78, 5) is 16.5. The SMILES string of the molecule is CCOc1ncc(NC(=O)C2CCN(S(=O)(=O)c3ccccc3)CC2)cc1F. The monoisotopic (exact) mass is 407 g/mol. The van der Waals surface area contributed by atoms with Crippen molar-refractivity contribution < 1.29 is 22.3 Å². The third-order valence-corrected chi connectivity index (χ3v) is 6.47. The lowest BCUT2D eigenvalue weighted by molar-refractivity contribution is -0.120. The van der Waals surface area contributed by atoms with E-state index in [1.807, 2.05) is 0 Å². The number of hydrogen-bond acceptors (Lipinski definition) is 5. The molecule has 0 atom stereocenters. The Kier molecular flexibility index (Phi) is 6.25. The zero-order chi connectivity index (χ0) is 20.1. The number of sulfonamides is 1. The van der Waals surface area contributed by atoms with Crippen molar-refractivity contribution in [2.45, 2.75) is 24.7 Å². The van der Waals surface area contributed by atoms with E-state index in [9.17, 15) is 17.6 Å². The van der Waals surface area contributed by atoms with Crippen LogP contribution >= 0.6 is 0 Å². The maximum Gasteiger partial charge on any atom is 0.250 e. The molecule has 0 aliphatic carbocycles. The number of carbonyl (C=O) groups is 1. The van der Waals surface area contributed by atoms with Crippen LogP contribution in [0.4, 0.5) is 10.1 Å². The molecular weight excluding hydrogens is 385 g/mol. The lowest BCUT2D eigenvalue weighted by Crippen LogP contribution is -2.41. The Hall–Kier alpha value is -2.52. The van der Waals surface area contributed by atoms with Crippen LogP contribution in [0.25, 0.3) is 0 Å². The van der Waals surface area contributed by atoms with Crippen LogP contribution in [0, 0.1) is 11.7 Å². The van der Waals surface area contributed by atoms with Crippen LogP contribution < -0.4 is 10.1 Å². The Morgan fingerprint density at radius 2 is 1.96 bits per heavy atom. The first kappa shape index (κ1) is 20.2. The fourth-order valence-corrected chi connectivity index (χ4v) is 4.57. The van der Waals surface area contributed by atoms with Crippen LogP contribution in [0.1, 0.15) is 19.8 Å². The van der Waals surface area contributed by atoms with E-state index in [1.165, 1.54) is 10.5 Å². The van der Waals surface area contributed by atoms with Crippen molar-refractivity contribution in [1.82, 2.24) is 9.29 Å². The highest BCUT2D eigenvalue weighted by atomic mass is 32.2. The molecule has 1 aromatic heterocycles. The summed E-state index contributed by atoms with van der Waals surface area (Å²) < 4.78 is 45.6. The van der Waals surface area contributed by atoms with Crippen LogP contribution in [0.5, 0.6) is 5.88 Å². The molecule has 0 radical (unpaired) electrons. The first-order chi connectivity index (χ1) is 13.4. The number of piperidine rings is 1.